The molecular weight excluding hydrogens is 381 g/mol. The number of benzene rings is 1. The molecule has 26 heavy (non-hydrogen) atoms. The number of amides is 1. The number of halogens is 2. The van der Waals surface area contributed by atoms with Crippen LogP contribution >= 0.6 is 23.2 Å². The van der Waals surface area contributed by atoms with Crippen LogP contribution in [0.3, 0.4) is 0 Å². The zero-order valence-electron chi connectivity index (χ0n) is 15.7. The molecule has 0 aromatic heterocycles. The molecule has 1 aromatic rings. The SMILES string of the molecule is CC(C)(C)OC(=O)N[C@H](C(=O)OC(C)(C)C)[C@@H](O)c1c(Cl)cccc1Cl. The molecular formula is C18H25Cl2NO5. The number of esters is 1. The Labute approximate surface area is 163 Å². The van der Waals surface area contributed by atoms with E-state index in [-0.39, 0.29) is 15.6 Å². The minimum absolute atomic E-state index is 0.114. The maximum atomic E-state index is 12.6. The van der Waals surface area contributed by atoms with Gasteiger partial charge >= 0.3 is 12.1 Å². The highest BCUT2D eigenvalue weighted by Crippen LogP contribution is 2.32. The van der Waals surface area contributed by atoms with Gasteiger partial charge in [-0.2, -0.15) is 0 Å². The summed E-state index contributed by atoms with van der Waals surface area (Å²) in [7, 11) is 0. The van der Waals surface area contributed by atoms with E-state index in [1.807, 2.05) is 0 Å². The van der Waals surface area contributed by atoms with Crippen molar-refractivity contribution in [2.24, 2.45) is 0 Å². The molecule has 1 amide bonds. The molecule has 0 bridgehead atoms. The average Bonchev–Trinajstić information content (AvgIpc) is 2.40. The lowest BCUT2D eigenvalue weighted by molar-refractivity contribution is -0.160. The third-order valence-corrected chi connectivity index (χ3v) is 3.60. The number of alkyl carbamates (subject to hydrolysis) is 1. The standard InChI is InChI=1S/C18H25Cl2NO5/c1-17(2,3)25-15(23)13(21-16(24)26-18(4,5)6)14(22)12-10(19)8-7-9-11(12)20/h7-9,13-14,22H,1-6H3,(H,21,24)/t13-,14-/m0/s1. The predicted octanol–water partition coefficient (Wildman–Crippen LogP) is 4.26. The molecule has 0 aliphatic carbocycles. The van der Waals surface area contributed by atoms with Crippen molar-refractivity contribution in [3.63, 3.8) is 0 Å². The van der Waals surface area contributed by atoms with Gasteiger partial charge in [0.25, 0.3) is 0 Å². The van der Waals surface area contributed by atoms with Gasteiger partial charge in [0.15, 0.2) is 6.04 Å². The van der Waals surface area contributed by atoms with Gasteiger partial charge in [-0.25, -0.2) is 9.59 Å². The van der Waals surface area contributed by atoms with Crippen LogP contribution in [0.15, 0.2) is 18.2 Å². The van der Waals surface area contributed by atoms with Crippen LogP contribution in [0.1, 0.15) is 53.2 Å². The molecule has 1 rings (SSSR count). The average molecular weight is 406 g/mol. The fourth-order valence-electron chi connectivity index (χ4n) is 2.03. The molecule has 146 valence electrons. The van der Waals surface area contributed by atoms with Crippen molar-refractivity contribution < 1.29 is 24.2 Å². The smallest absolute Gasteiger partial charge is 0.408 e. The van der Waals surface area contributed by atoms with Gasteiger partial charge < -0.3 is 19.9 Å². The molecule has 0 radical (unpaired) electrons. The van der Waals surface area contributed by atoms with Crippen molar-refractivity contribution in [2.75, 3.05) is 0 Å². The van der Waals surface area contributed by atoms with E-state index >= 15 is 0 Å². The second-order valence-corrected chi connectivity index (χ2v) is 8.55. The second-order valence-electron chi connectivity index (χ2n) is 7.74. The van der Waals surface area contributed by atoms with Crippen LogP contribution in [0.25, 0.3) is 0 Å². The van der Waals surface area contributed by atoms with Crippen LogP contribution in [0.2, 0.25) is 10.0 Å². The Kier molecular flexibility index (Phi) is 7.33. The second kappa shape index (κ2) is 8.46. The molecule has 8 heteroatoms. The van der Waals surface area contributed by atoms with E-state index in [2.05, 4.69) is 5.32 Å². The number of rotatable bonds is 4. The zero-order valence-corrected chi connectivity index (χ0v) is 17.2. The molecule has 2 atom stereocenters. The Morgan fingerprint density at radius 1 is 1.00 bits per heavy atom. The Morgan fingerprint density at radius 2 is 1.46 bits per heavy atom. The quantitative estimate of drug-likeness (QED) is 0.730. The summed E-state index contributed by atoms with van der Waals surface area (Å²) in [5.41, 5.74) is -1.49. The van der Waals surface area contributed by atoms with Crippen molar-refractivity contribution in [3.8, 4) is 0 Å². The molecule has 1 aromatic carbocycles. The van der Waals surface area contributed by atoms with Gasteiger partial charge in [0, 0.05) is 15.6 Å². The molecule has 6 nitrogen and oxygen atoms in total. The third-order valence-electron chi connectivity index (χ3n) is 2.94. The highest BCUT2D eigenvalue weighted by Gasteiger charge is 2.36. The molecule has 0 spiro atoms. The normalized spacial score (nSPS) is 14.3. The summed E-state index contributed by atoms with van der Waals surface area (Å²) >= 11 is 12.2. The van der Waals surface area contributed by atoms with E-state index in [0.717, 1.165) is 0 Å². The Morgan fingerprint density at radius 3 is 1.88 bits per heavy atom. The predicted molar refractivity (Wildman–Crippen MR) is 100 cm³/mol. The number of carbonyl (C=O) groups is 2. The maximum absolute atomic E-state index is 12.6. The lowest BCUT2D eigenvalue weighted by Gasteiger charge is -2.29. The number of ether oxygens (including phenoxy) is 2. The van der Waals surface area contributed by atoms with Gasteiger partial charge in [0.2, 0.25) is 0 Å². The van der Waals surface area contributed by atoms with Crippen molar-refractivity contribution >= 4 is 35.3 Å². The van der Waals surface area contributed by atoms with Crippen molar-refractivity contribution in [1.82, 2.24) is 5.32 Å². The summed E-state index contributed by atoms with van der Waals surface area (Å²) < 4.78 is 10.5. The first-order chi connectivity index (χ1) is 11.7. The minimum Gasteiger partial charge on any atom is -0.458 e. The fraction of sp³-hybridized carbons (Fsp3) is 0.556. The number of aliphatic hydroxyl groups is 1. The van der Waals surface area contributed by atoms with E-state index in [0.29, 0.717) is 0 Å². The largest absolute Gasteiger partial charge is 0.458 e. The highest BCUT2D eigenvalue weighted by atomic mass is 35.5. The molecule has 0 aliphatic heterocycles. The van der Waals surface area contributed by atoms with Crippen LogP contribution in [0, 0.1) is 0 Å². The zero-order chi connectivity index (χ0) is 20.3. The number of hydrogen-bond donors (Lipinski definition) is 2. The van der Waals surface area contributed by atoms with E-state index < -0.39 is 35.4 Å². The molecule has 2 N–H and O–H groups in total. The van der Waals surface area contributed by atoms with Gasteiger partial charge in [-0.05, 0) is 53.7 Å². The number of hydrogen-bond acceptors (Lipinski definition) is 5. The number of carbonyl (C=O) groups excluding carboxylic acids is 2. The van der Waals surface area contributed by atoms with Crippen molar-refractivity contribution in [2.45, 2.75) is 64.9 Å². The Hall–Kier alpha value is -1.50. The minimum atomic E-state index is -1.53. The maximum Gasteiger partial charge on any atom is 0.408 e. The van der Waals surface area contributed by atoms with Crippen molar-refractivity contribution in [1.29, 1.82) is 0 Å². The molecule has 0 aliphatic rings. The fourth-order valence-corrected chi connectivity index (χ4v) is 2.65. The first-order valence-electron chi connectivity index (χ1n) is 8.05. The third kappa shape index (κ3) is 7.02. The van der Waals surface area contributed by atoms with Gasteiger partial charge in [0.1, 0.15) is 17.3 Å². The van der Waals surface area contributed by atoms with E-state index in [1.165, 1.54) is 12.1 Å². The summed E-state index contributed by atoms with van der Waals surface area (Å²) in [6.45, 7) is 10.0. The monoisotopic (exact) mass is 405 g/mol. The van der Waals surface area contributed by atoms with E-state index in [4.69, 9.17) is 32.7 Å². The summed E-state index contributed by atoms with van der Waals surface area (Å²) in [4.78, 5) is 24.7. The molecule has 0 unspecified atom stereocenters. The summed E-state index contributed by atoms with van der Waals surface area (Å²) in [6.07, 6.45) is -2.41. The summed E-state index contributed by atoms with van der Waals surface area (Å²) in [5, 5.41) is 13.4. The van der Waals surface area contributed by atoms with Crippen LogP contribution in [0.5, 0.6) is 0 Å². The molecule has 0 fully saturated rings. The number of aliphatic hydroxyl groups excluding tert-OH is 1. The summed E-state index contributed by atoms with van der Waals surface area (Å²) in [5.74, 6) is -0.841. The highest BCUT2D eigenvalue weighted by molar-refractivity contribution is 6.36. The summed E-state index contributed by atoms with van der Waals surface area (Å²) in [6, 6.07) is 3.18. The Bertz CT molecular complexity index is 644. The lowest BCUT2D eigenvalue weighted by Crippen LogP contribution is -2.49. The van der Waals surface area contributed by atoms with Crippen molar-refractivity contribution in [3.05, 3.63) is 33.8 Å². The van der Waals surface area contributed by atoms with Crippen LogP contribution in [-0.2, 0) is 14.3 Å². The number of nitrogens with one attached hydrogen (secondary N) is 1. The molecule has 0 saturated heterocycles. The van der Waals surface area contributed by atoms with Crippen LogP contribution < -0.4 is 5.32 Å². The van der Waals surface area contributed by atoms with E-state index in [1.54, 1.807) is 47.6 Å². The molecule has 0 heterocycles. The van der Waals surface area contributed by atoms with Gasteiger partial charge in [-0.15, -0.1) is 0 Å². The first-order valence-corrected chi connectivity index (χ1v) is 8.81. The van der Waals surface area contributed by atoms with Gasteiger partial charge in [0.05, 0.1) is 0 Å². The van der Waals surface area contributed by atoms with Gasteiger partial charge in [-0.3, -0.25) is 0 Å². The van der Waals surface area contributed by atoms with E-state index in [9.17, 15) is 14.7 Å². The van der Waals surface area contributed by atoms with Gasteiger partial charge in [-0.1, -0.05) is 29.3 Å². The van der Waals surface area contributed by atoms with Crippen LogP contribution in [0.4, 0.5) is 4.79 Å². The molecule has 0 saturated carbocycles. The lowest BCUT2D eigenvalue weighted by atomic mass is 10.0. The Balaban J connectivity index is 3.18. The van der Waals surface area contributed by atoms with Crippen LogP contribution in [-0.4, -0.2) is 34.4 Å². The topological polar surface area (TPSA) is 84.9 Å². The first kappa shape index (κ1) is 22.5.